The molecule has 26 heavy (non-hydrogen) atoms. The summed E-state index contributed by atoms with van der Waals surface area (Å²) < 4.78 is 0. The summed E-state index contributed by atoms with van der Waals surface area (Å²) in [6, 6.07) is 5.62. The third kappa shape index (κ3) is 3.24. The first-order valence-corrected chi connectivity index (χ1v) is 8.96. The largest absolute Gasteiger partial charge is 0.295 e. The lowest BCUT2D eigenvalue weighted by atomic mass is 9.84. The first kappa shape index (κ1) is 18.2. The Morgan fingerprint density at radius 1 is 1.00 bits per heavy atom. The van der Waals surface area contributed by atoms with Gasteiger partial charge in [0.2, 0.25) is 0 Å². The van der Waals surface area contributed by atoms with Crippen LogP contribution in [0, 0.1) is 0 Å². The van der Waals surface area contributed by atoms with Gasteiger partial charge in [0.25, 0.3) is 0 Å². The monoisotopic (exact) mass is 349 g/mol. The van der Waals surface area contributed by atoms with Gasteiger partial charge in [-0.2, -0.15) is 0 Å². The highest BCUT2D eigenvalue weighted by Crippen LogP contribution is 2.31. The Morgan fingerprint density at radius 3 is 2.38 bits per heavy atom. The Hall–Kier alpha value is -2.62. The van der Waals surface area contributed by atoms with Gasteiger partial charge in [0, 0.05) is 40.0 Å². The molecule has 1 heterocycles. The minimum absolute atomic E-state index is 0.00217. The highest BCUT2D eigenvalue weighted by atomic mass is 16.1. The van der Waals surface area contributed by atoms with Crippen LogP contribution in [-0.4, -0.2) is 23.1 Å². The zero-order chi connectivity index (χ0) is 19.0. The standard InChI is InChI=1S/C22H23NO3/c1-12-13(2)22(26)19(14(3)21(12)25)7-5-6-18-11-17-10-16(15(4)24)8-9-20(17)23-18/h8-10H,5-7,11H2,1-4H3. The number of rotatable bonds is 5. The zero-order valence-corrected chi connectivity index (χ0v) is 15.7. The molecule has 0 fully saturated rings. The van der Waals surface area contributed by atoms with Crippen molar-refractivity contribution < 1.29 is 14.4 Å². The van der Waals surface area contributed by atoms with Gasteiger partial charge in [-0.3, -0.25) is 19.4 Å². The molecule has 1 aromatic carbocycles. The van der Waals surface area contributed by atoms with Gasteiger partial charge in [0.05, 0.1) is 5.69 Å². The molecular weight excluding hydrogens is 326 g/mol. The van der Waals surface area contributed by atoms with Crippen LogP contribution in [0.5, 0.6) is 0 Å². The lowest BCUT2D eigenvalue weighted by Gasteiger charge is -2.18. The summed E-state index contributed by atoms with van der Waals surface area (Å²) in [5.74, 6) is 0.0460. The molecule has 0 spiro atoms. The molecular formula is C22H23NO3. The Labute approximate surface area is 153 Å². The first-order valence-electron chi connectivity index (χ1n) is 8.96. The highest BCUT2D eigenvalue weighted by molar-refractivity contribution is 6.24. The molecule has 0 bridgehead atoms. The predicted octanol–water partition coefficient (Wildman–Crippen LogP) is 4.49. The van der Waals surface area contributed by atoms with Crippen LogP contribution in [0.1, 0.15) is 62.9 Å². The molecule has 0 radical (unpaired) electrons. The average Bonchev–Trinajstić information content (AvgIpc) is 3.03. The topological polar surface area (TPSA) is 63.6 Å². The van der Waals surface area contributed by atoms with Crippen LogP contribution in [0.15, 0.2) is 45.5 Å². The number of allylic oxidation sites excluding steroid dienone is 4. The summed E-state index contributed by atoms with van der Waals surface area (Å²) in [7, 11) is 0. The third-order valence-corrected chi connectivity index (χ3v) is 5.36. The summed E-state index contributed by atoms with van der Waals surface area (Å²) in [4.78, 5) is 40.8. The predicted molar refractivity (Wildman–Crippen MR) is 102 cm³/mol. The molecule has 4 heteroatoms. The quantitative estimate of drug-likeness (QED) is 0.581. The molecule has 0 aromatic heterocycles. The molecule has 0 saturated heterocycles. The van der Waals surface area contributed by atoms with Gasteiger partial charge in [0.15, 0.2) is 17.3 Å². The SMILES string of the molecule is CC(=O)c1ccc2c(c1)CC(CCCC1=C(C)C(=O)C(C)=C(C)C1=O)=N2. The number of nitrogens with zero attached hydrogens (tertiary/aromatic N) is 1. The molecule has 1 aliphatic heterocycles. The Balaban J connectivity index is 1.64. The van der Waals surface area contributed by atoms with Gasteiger partial charge in [-0.15, -0.1) is 0 Å². The maximum absolute atomic E-state index is 12.5. The van der Waals surface area contributed by atoms with Crippen LogP contribution >= 0.6 is 0 Å². The Bertz CT molecular complexity index is 929. The van der Waals surface area contributed by atoms with Crippen LogP contribution in [0.2, 0.25) is 0 Å². The second-order valence-corrected chi connectivity index (χ2v) is 7.12. The van der Waals surface area contributed by atoms with Crippen LogP contribution in [-0.2, 0) is 16.0 Å². The van der Waals surface area contributed by atoms with E-state index >= 15 is 0 Å². The summed E-state index contributed by atoms with van der Waals surface area (Å²) in [5.41, 5.74) is 6.15. The number of carbonyl (C=O) groups is 3. The Kier molecular flexibility index (Phi) is 4.86. The van der Waals surface area contributed by atoms with Crippen molar-refractivity contribution in [3.05, 3.63) is 51.6 Å². The number of aliphatic imine (C=N–C) groups is 1. The number of benzene rings is 1. The normalized spacial score (nSPS) is 17.0. The first-order chi connectivity index (χ1) is 12.3. The maximum atomic E-state index is 12.5. The van der Waals surface area contributed by atoms with Crippen molar-refractivity contribution in [2.75, 3.05) is 0 Å². The molecule has 3 rings (SSSR count). The number of Topliss-reactive ketones (excluding diaryl/α,β-unsaturated/α-hetero) is 3. The third-order valence-electron chi connectivity index (χ3n) is 5.36. The van der Waals surface area contributed by atoms with Gasteiger partial charge in [0.1, 0.15) is 0 Å². The summed E-state index contributed by atoms with van der Waals surface area (Å²) in [6.45, 7) is 6.76. The molecule has 1 aromatic rings. The molecule has 134 valence electrons. The van der Waals surface area contributed by atoms with E-state index < -0.39 is 0 Å². The van der Waals surface area contributed by atoms with Crippen molar-refractivity contribution in [1.29, 1.82) is 0 Å². The van der Waals surface area contributed by atoms with Crippen LogP contribution < -0.4 is 0 Å². The van der Waals surface area contributed by atoms with Crippen molar-refractivity contribution in [1.82, 2.24) is 0 Å². The molecule has 1 aliphatic carbocycles. The number of hydrogen-bond donors (Lipinski definition) is 0. The number of carbonyl (C=O) groups excluding carboxylic acids is 3. The van der Waals surface area contributed by atoms with E-state index in [0.29, 0.717) is 34.3 Å². The number of fused-ring (bicyclic) bond motifs is 1. The second-order valence-electron chi connectivity index (χ2n) is 7.12. The number of hydrogen-bond acceptors (Lipinski definition) is 4. The summed E-state index contributed by atoms with van der Waals surface area (Å²) in [5, 5.41) is 0. The van der Waals surface area contributed by atoms with Gasteiger partial charge in [-0.25, -0.2) is 0 Å². The van der Waals surface area contributed by atoms with Crippen molar-refractivity contribution in [3.8, 4) is 0 Å². The van der Waals surface area contributed by atoms with Crippen molar-refractivity contribution in [3.63, 3.8) is 0 Å². The van der Waals surface area contributed by atoms with E-state index in [2.05, 4.69) is 4.99 Å². The molecule has 0 amide bonds. The van der Waals surface area contributed by atoms with Crippen molar-refractivity contribution >= 4 is 28.7 Å². The van der Waals surface area contributed by atoms with Crippen molar-refractivity contribution in [2.24, 2.45) is 4.99 Å². The zero-order valence-electron chi connectivity index (χ0n) is 15.7. The molecule has 0 atom stereocenters. The lowest BCUT2D eigenvalue weighted by Crippen LogP contribution is -2.20. The number of ketones is 3. The van der Waals surface area contributed by atoms with Crippen LogP contribution in [0.25, 0.3) is 0 Å². The van der Waals surface area contributed by atoms with Crippen molar-refractivity contribution in [2.45, 2.75) is 53.4 Å². The fourth-order valence-corrected chi connectivity index (χ4v) is 3.55. The lowest BCUT2D eigenvalue weighted by molar-refractivity contribution is -0.116. The fourth-order valence-electron chi connectivity index (χ4n) is 3.55. The van der Waals surface area contributed by atoms with Crippen LogP contribution in [0.4, 0.5) is 5.69 Å². The van der Waals surface area contributed by atoms with E-state index in [9.17, 15) is 14.4 Å². The Morgan fingerprint density at radius 2 is 1.69 bits per heavy atom. The summed E-state index contributed by atoms with van der Waals surface area (Å²) in [6.07, 6.45) is 2.91. The minimum Gasteiger partial charge on any atom is -0.295 e. The fraction of sp³-hybridized carbons (Fsp3) is 0.364. The van der Waals surface area contributed by atoms with E-state index in [-0.39, 0.29) is 17.3 Å². The van der Waals surface area contributed by atoms with Crippen LogP contribution in [0.3, 0.4) is 0 Å². The van der Waals surface area contributed by atoms with E-state index in [0.717, 1.165) is 36.2 Å². The molecule has 0 N–H and O–H groups in total. The van der Waals surface area contributed by atoms with Gasteiger partial charge in [-0.05, 0) is 70.7 Å². The summed E-state index contributed by atoms with van der Waals surface area (Å²) >= 11 is 0. The van der Waals surface area contributed by atoms with E-state index in [1.807, 2.05) is 18.2 Å². The second kappa shape index (κ2) is 6.94. The minimum atomic E-state index is -0.0144. The van der Waals surface area contributed by atoms with Gasteiger partial charge >= 0.3 is 0 Å². The molecule has 0 unspecified atom stereocenters. The molecule has 4 nitrogen and oxygen atoms in total. The highest BCUT2D eigenvalue weighted by Gasteiger charge is 2.27. The van der Waals surface area contributed by atoms with Gasteiger partial charge in [-0.1, -0.05) is 0 Å². The maximum Gasteiger partial charge on any atom is 0.185 e. The van der Waals surface area contributed by atoms with Gasteiger partial charge < -0.3 is 0 Å². The van der Waals surface area contributed by atoms with E-state index in [1.54, 1.807) is 27.7 Å². The average molecular weight is 349 g/mol. The molecule has 0 saturated carbocycles. The molecule has 2 aliphatic rings. The van der Waals surface area contributed by atoms with E-state index in [4.69, 9.17) is 0 Å². The smallest absolute Gasteiger partial charge is 0.185 e. The van der Waals surface area contributed by atoms with E-state index in [1.165, 1.54) is 0 Å².